The van der Waals surface area contributed by atoms with Crippen LogP contribution in [0.15, 0.2) is 17.7 Å². The van der Waals surface area contributed by atoms with E-state index in [1.807, 2.05) is 20.8 Å². The van der Waals surface area contributed by atoms with Gasteiger partial charge in [0.25, 0.3) is 0 Å². The highest BCUT2D eigenvalue weighted by Crippen LogP contribution is 2.61. The maximum Gasteiger partial charge on any atom is 0.342 e. The lowest BCUT2D eigenvalue weighted by Crippen LogP contribution is -2.57. The number of benzene rings is 1. The topological polar surface area (TPSA) is 97.4 Å². The summed E-state index contributed by atoms with van der Waals surface area (Å²) >= 11 is 0. The van der Waals surface area contributed by atoms with Gasteiger partial charge in [-0.1, -0.05) is 26.3 Å². The number of ketones is 1. The quantitative estimate of drug-likeness (QED) is 0.229. The molecule has 3 aliphatic rings. The van der Waals surface area contributed by atoms with E-state index in [9.17, 15) is 14.4 Å². The average molecular weight is 559 g/mol. The molecule has 1 saturated carbocycles. The molecule has 0 unspecified atom stereocenters. The fourth-order valence-electron chi connectivity index (χ4n) is 6.13. The molecule has 214 valence electrons. The Hall–Kier alpha value is -2.65. The van der Waals surface area contributed by atoms with Crippen LogP contribution in [-0.2, 0) is 18.7 Å². The summed E-state index contributed by atoms with van der Waals surface area (Å²) in [6.45, 7) is 16.8. The van der Waals surface area contributed by atoms with Crippen molar-refractivity contribution in [2.45, 2.75) is 103 Å². The van der Waals surface area contributed by atoms with Gasteiger partial charge in [0.05, 0.1) is 32.3 Å². The van der Waals surface area contributed by atoms with Crippen LogP contribution in [0.25, 0.3) is 0 Å². The predicted molar refractivity (Wildman–Crippen MR) is 149 cm³/mol. The van der Waals surface area contributed by atoms with Gasteiger partial charge in [0.15, 0.2) is 14.1 Å². The van der Waals surface area contributed by atoms with E-state index >= 15 is 0 Å². The standard InChI is InChI=1S/C30H42O8Si/c1-16(2)13-17(31)15-30(6)19-11-12-20(38-39(9,10)29(3,4)5)25-23(19)24-21(37-30)14-18(27(32)34-7)22(26(24)36-25)28(33)35-8/h13-14,19-20,23,25H,11-12,15H2,1-10H3/t19-,20-,23+,25+,30-/m1/s1. The third kappa shape index (κ3) is 5.04. The van der Waals surface area contributed by atoms with E-state index in [1.54, 1.807) is 12.1 Å². The lowest BCUT2D eigenvalue weighted by atomic mass is 9.63. The van der Waals surface area contributed by atoms with Crippen molar-refractivity contribution in [1.82, 2.24) is 0 Å². The molecule has 4 rings (SSSR count). The second kappa shape index (κ2) is 10.1. The number of ether oxygens (including phenoxy) is 4. The van der Waals surface area contributed by atoms with Crippen LogP contribution in [0.2, 0.25) is 18.1 Å². The first kappa shape index (κ1) is 29.3. The van der Waals surface area contributed by atoms with Gasteiger partial charge >= 0.3 is 11.9 Å². The minimum absolute atomic E-state index is 0.00332. The molecule has 1 aromatic rings. The summed E-state index contributed by atoms with van der Waals surface area (Å²) in [5.74, 6) is -0.903. The Bertz CT molecular complexity index is 1220. The van der Waals surface area contributed by atoms with Crippen LogP contribution in [0, 0.1) is 5.92 Å². The van der Waals surface area contributed by atoms with Crippen molar-refractivity contribution in [1.29, 1.82) is 0 Å². The van der Waals surface area contributed by atoms with Crippen LogP contribution >= 0.6 is 0 Å². The molecule has 0 N–H and O–H groups in total. The minimum Gasteiger partial charge on any atom is -0.486 e. The van der Waals surface area contributed by atoms with E-state index in [2.05, 4.69) is 33.9 Å². The molecule has 39 heavy (non-hydrogen) atoms. The molecule has 9 heteroatoms. The van der Waals surface area contributed by atoms with Crippen LogP contribution in [0.1, 0.15) is 93.0 Å². The fourth-order valence-corrected chi connectivity index (χ4v) is 7.49. The molecular weight excluding hydrogens is 516 g/mol. The zero-order chi connectivity index (χ0) is 29.1. The summed E-state index contributed by atoms with van der Waals surface area (Å²) in [7, 11) is 0.356. The van der Waals surface area contributed by atoms with E-state index < -0.39 is 32.0 Å². The summed E-state index contributed by atoms with van der Waals surface area (Å²) in [6.07, 6.45) is 2.72. The van der Waals surface area contributed by atoms with Crippen molar-refractivity contribution >= 4 is 26.0 Å². The zero-order valence-electron chi connectivity index (χ0n) is 24.9. The monoisotopic (exact) mass is 558 g/mol. The van der Waals surface area contributed by atoms with Crippen LogP contribution in [0.5, 0.6) is 11.5 Å². The molecule has 0 amide bonds. The van der Waals surface area contributed by atoms with Gasteiger partial charge in [-0.05, 0) is 63.9 Å². The van der Waals surface area contributed by atoms with Gasteiger partial charge in [-0.15, -0.1) is 0 Å². The second-order valence-corrected chi connectivity index (χ2v) is 17.8. The molecule has 1 fully saturated rings. The highest BCUT2D eigenvalue weighted by Gasteiger charge is 2.60. The van der Waals surface area contributed by atoms with Crippen LogP contribution in [0.4, 0.5) is 0 Å². The number of hydrogen-bond acceptors (Lipinski definition) is 8. The van der Waals surface area contributed by atoms with E-state index in [0.29, 0.717) is 11.5 Å². The van der Waals surface area contributed by atoms with Crippen molar-refractivity contribution in [2.75, 3.05) is 14.2 Å². The maximum absolute atomic E-state index is 13.0. The molecular formula is C30H42O8Si. The number of carbonyl (C=O) groups excluding carboxylic acids is 3. The molecule has 0 radical (unpaired) electrons. The van der Waals surface area contributed by atoms with E-state index in [1.165, 1.54) is 14.2 Å². The summed E-state index contributed by atoms with van der Waals surface area (Å²) in [6, 6.07) is 1.54. The molecule has 1 aliphatic carbocycles. The van der Waals surface area contributed by atoms with Crippen molar-refractivity contribution in [3.05, 3.63) is 34.4 Å². The molecule has 1 aromatic carbocycles. The normalized spacial score (nSPS) is 27.0. The number of rotatable bonds is 7. The lowest BCUT2D eigenvalue weighted by molar-refractivity contribution is -0.124. The SMILES string of the molecule is COC(=O)c1cc2c3c(c1C(=O)OC)O[C@@H]1[C@H]3[C@@H](CC[C@H]1O[Si](C)(C)C(C)(C)C)[C@@](C)(CC(=O)C=C(C)C)O2. The third-order valence-corrected chi connectivity index (χ3v) is 13.4. The van der Waals surface area contributed by atoms with E-state index in [-0.39, 0.29) is 46.3 Å². The van der Waals surface area contributed by atoms with Crippen LogP contribution < -0.4 is 9.47 Å². The van der Waals surface area contributed by atoms with Gasteiger partial charge in [0.1, 0.15) is 28.8 Å². The van der Waals surface area contributed by atoms with Crippen molar-refractivity contribution in [3.8, 4) is 11.5 Å². The first-order valence-corrected chi connectivity index (χ1v) is 16.5. The number of methoxy groups -OCH3 is 2. The summed E-state index contributed by atoms with van der Waals surface area (Å²) in [5.41, 5.74) is 0.872. The Balaban J connectivity index is 1.89. The Morgan fingerprint density at radius 3 is 2.31 bits per heavy atom. The minimum atomic E-state index is -2.17. The van der Waals surface area contributed by atoms with Gasteiger partial charge in [-0.3, -0.25) is 4.79 Å². The number of esters is 2. The molecule has 2 heterocycles. The lowest BCUT2D eigenvalue weighted by Gasteiger charge is -2.51. The Morgan fingerprint density at radius 1 is 1.10 bits per heavy atom. The smallest absolute Gasteiger partial charge is 0.342 e. The second-order valence-electron chi connectivity index (χ2n) is 13.0. The Kier molecular flexibility index (Phi) is 7.57. The van der Waals surface area contributed by atoms with Gasteiger partial charge < -0.3 is 23.4 Å². The molecule has 0 saturated heterocycles. The highest BCUT2D eigenvalue weighted by atomic mass is 28.4. The van der Waals surface area contributed by atoms with Gasteiger partial charge in [-0.25, -0.2) is 9.59 Å². The predicted octanol–water partition coefficient (Wildman–Crippen LogP) is 5.98. The molecule has 0 spiro atoms. The Morgan fingerprint density at radius 2 is 1.74 bits per heavy atom. The van der Waals surface area contributed by atoms with Crippen molar-refractivity contribution in [2.24, 2.45) is 5.92 Å². The highest BCUT2D eigenvalue weighted by molar-refractivity contribution is 6.74. The maximum atomic E-state index is 13.0. The van der Waals surface area contributed by atoms with Crippen molar-refractivity contribution in [3.63, 3.8) is 0 Å². The number of carbonyl (C=O) groups is 3. The van der Waals surface area contributed by atoms with E-state index in [4.69, 9.17) is 23.4 Å². The van der Waals surface area contributed by atoms with Gasteiger partial charge in [-0.2, -0.15) is 0 Å². The van der Waals surface area contributed by atoms with Gasteiger partial charge in [0.2, 0.25) is 0 Å². The van der Waals surface area contributed by atoms with Gasteiger partial charge in [0, 0.05) is 17.4 Å². The largest absolute Gasteiger partial charge is 0.486 e. The molecule has 2 aliphatic heterocycles. The first-order valence-electron chi connectivity index (χ1n) is 13.6. The molecule has 5 atom stereocenters. The number of hydrogen-bond donors (Lipinski definition) is 0. The summed E-state index contributed by atoms with van der Waals surface area (Å²) in [4.78, 5) is 38.9. The van der Waals surface area contributed by atoms with Crippen molar-refractivity contribution < 1.29 is 37.8 Å². The van der Waals surface area contributed by atoms with Crippen LogP contribution in [-0.4, -0.2) is 58.1 Å². The summed E-state index contributed by atoms with van der Waals surface area (Å²) < 4.78 is 30.3. The molecule has 8 nitrogen and oxygen atoms in total. The Labute approximate surface area is 232 Å². The zero-order valence-corrected chi connectivity index (χ0v) is 25.9. The molecule has 0 bridgehead atoms. The summed E-state index contributed by atoms with van der Waals surface area (Å²) in [5, 5.41) is -0.00332. The third-order valence-electron chi connectivity index (χ3n) is 8.93. The first-order chi connectivity index (χ1) is 18.0. The molecule has 0 aromatic heterocycles. The van der Waals surface area contributed by atoms with E-state index in [0.717, 1.165) is 24.0 Å². The number of allylic oxidation sites excluding steroid dienone is 2. The fraction of sp³-hybridized carbons (Fsp3) is 0.633. The average Bonchev–Trinajstić information content (AvgIpc) is 3.22. The van der Waals surface area contributed by atoms with Crippen LogP contribution in [0.3, 0.4) is 0 Å².